The normalized spacial score (nSPS) is 18.7. The summed E-state index contributed by atoms with van der Waals surface area (Å²) in [5.41, 5.74) is 1.93. The molecule has 36 heavy (non-hydrogen) atoms. The van der Waals surface area contributed by atoms with Crippen molar-refractivity contribution in [3.05, 3.63) is 67.8 Å². The number of thiocarbonyl (C=S) groups is 1. The first-order valence-corrected chi connectivity index (χ1v) is 13.0. The van der Waals surface area contributed by atoms with Gasteiger partial charge in [0.15, 0.2) is 0 Å². The molecule has 2 saturated heterocycles. The van der Waals surface area contributed by atoms with Crippen LogP contribution >= 0.6 is 24.0 Å². The molecule has 2 aromatic rings. The third-order valence-corrected chi connectivity index (χ3v) is 8.15. The third-order valence-electron chi connectivity index (χ3n) is 6.82. The van der Waals surface area contributed by atoms with E-state index in [1.165, 1.54) is 16.3 Å². The van der Waals surface area contributed by atoms with Crippen LogP contribution in [0.2, 0.25) is 0 Å². The average molecular weight is 524 g/mol. The van der Waals surface area contributed by atoms with Crippen LogP contribution in [-0.4, -0.2) is 69.0 Å². The van der Waals surface area contributed by atoms with Gasteiger partial charge in [-0.2, -0.15) is 5.26 Å². The fourth-order valence-electron chi connectivity index (χ4n) is 4.74. The maximum atomic E-state index is 13.5. The number of aliphatic hydroxyl groups excluding tert-OH is 1. The molecule has 2 fully saturated rings. The maximum absolute atomic E-state index is 13.5. The highest BCUT2D eigenvalue weighted by atomic mass is 32.2. The Balaban J connectivity index is 1.75. The number of piperazine rings is 1. The van der Waals surface area contributed by atoms with Gasteiger partial charge in [-0.15, -0.1) is 0 Å². The summed E-state index contributed by atoms with van der Waals surface area (Å²) in [4.78, 5) is 32.9. The second-order valence-electron chi connectivity index (χ2n) is 8.90. The smallest absolute Gasteiger partial charge is 0.270 e. The molecular weight excluding hydrogens is 494 g/mol. The van der Waals surface area contributed by atoms with E-state index in [2.05, 4.69) is 9.80 Å². The summed E-state index contributed by atoms with van der Waals surface area (Å²) >= 11 is 6.83. The van der Waals surface area contributed by atoms with Crippen LogP contribution in [0.3, 0.4) is 0 Å². The van der Waals surface area contributed by atoms with Crippen LogP contribution < -0.4 is 10.5 Å². The second-order valence-corrected chi connectivity index (χ2v) is 10.6. The summed E-state index contributed by atoms with van der Waals surface area (Å²) in [6.07, 6.45) is 1.78. The van der Waals surface area contributed by atoms with Crippen molar-refractivity contribution in [1.29, 1.82) is 5.26 Å². The summed E-state index contributed by atoms with van der Waals surface area (Å²) in [5.74, 6) is 0.494. The van der Waals surface area contributed by atoms with E-state index in [0.717, 1.165) is 18.7 Å². The molecule has 0 radical (unpaired) electrons. The van der Waals surface area contributed by atoms with E-state index in [9.17, 15) is 20.0 Å². The SMILES string of the molecule is Cc1c(/C=C2\SC(=S)N(C(C)c3ccccc3)C2=O)c(N2CCN(CCO)CC2)n(C)c(=O)c1C#N. The van der Waals surface area contributed by atoms with E-state index in [4.69, 9.17) is 12.2 Å². The first-order valence-electron chi connectivity index (χ1n) is 11.8. The van der Waals surface area contributed by atoms with E-state index in [-0.39, 0.29) is 29.7 Å². The highest BCUT2D eigenvalue weighted by Gasteiger charge is 2.36. The number of pyridine rings is 1. The highest BCUT2D eigenvalue weighted by molar-refractivity contribution is 8.26. The Bertz CT molecular complexity index is 1310. The molecule has 8 nitrogen and oxygen atoms in total. The van der Waals surface area contributed by atoms with Crippen molar-refractivity contribution in [3.63, 3.8) is 0 Å². The topological polar surface area (TPSA) is 92.8 Å². The lowest BCUT2D eigenvalue weighted by atomic mass is 10.0. The molecule has 0 spiro atoms. The number of β-amino-alcohol motifs (C(OH)–C–C–N with tert-alkyl or cyclic N) is 1. The number of hydrogen-bond donors (Lipinski definition) is 1. The van der Waals surface area contributed by atoms with E-state index in [0.29, 0.717) is 45.8 Å². The number of nitrogens with zero attached hydrogens (tertiary/aromatic N) is 5. The second kappa shape index (κ2) is 11.0. The van der Waals surface area contributed by atoms with Gasteiger partial charge in [-0.05, 0) is 31.1 Å². The molecule has 0 saturated carbocycles. The van der Waals surface area contributed by atoms with E-state index in [1.54, 1.807) is 24.9 Å². The number of thioether (sulfide) groups is 1. The quantitative estimate of drug-likeness (QED) is 0.456. The van der Waals surface area contributed by atoms with E-state index in [1.807, 2.05) is 43.3 Å². The number of rotatable bonds is 6. The molecule has 1 N–H and O–H groups in total. The molecular formula is C26H29N5O3S2. The van der Waals surface area contributed by atoms with Crippen molar-refractivity contribution in [2.75, 3.05) is 44.2 Å². The van der Waals surface area contributed by atoms with Crippen LogP contribution in [0.1, 0.15) is 35.2 Å². The molecule has 1 aromatic heterocycles. The van der Waals surface area contributed by atoms with Gasteiger partial charge in [0, 0.05) is 45.3 Å². The van der Waals surface area contributed by atoms with E-state index >= 15 is 0 Å². The van der Waals surface area contributed by atoms with Crippen LogP contribution in [0.25, 0.3) is 6.08 Å². The van der Waals surface area contributed by atoms with Crippen molar-refractivity contribution >= 4 is 46.1 Å². The van der Waals surface area contributed by atoms with Crippen molar-refractivity contribution in [1.82, 2.24) is 14.4 Å². The average Bonchev–Trinajstić information content (AvgIpc) is 3.16. The largest absolute Gasteiger partial charge is 0.395 e. The molecule has 2 aliphatic rings. The molecule has 4 rings (SSSR count). The molecule has 0 bridgehead atoms. The number of aliphatic hydroxyl groups is 1. The molecule has 0 aliphatic carbocycles. The highest BCUT2D eigenvalue weighted by Crippen LogP contribution is 2.39. The minimum absolute atomic E-state index is 0.0690. The van der Waals surface area contributed by atoms with Crippen LogP contribution in [0.15, 0.2) is 40.0 Å². The van der Waals surface area contributed by atoms with Gasteiger partial charge in [-0.1, -0.05) is 54.3 Å². The molecule has 1 aromatic carbocycles. The summed E-state index contributed by atoms with van der Waals surface area (Å²) in [5, 5.41) is 19.0. The Morgan fingerprint density at radius 3 is 2.47 bits per heavy atom. The fourth-order valence-corrected chi connectivity index (χ4v) is 6.14. The molecule has 1 amide bonds. The van der Waals surface area contributed by atoms with E-state index < -0.39 is 0 Å². The minimum Gasteiger partial charge on any atom is -0.395 e. The molecule has 1 atom stereocenters. The molecule has 3 heterocycles. The first kappa shape index (κ1) is 26.1. The Morgan fingerprint density at radius 1 is 1.19 bits per heavy atom. The maximum Gasteiger partial charge on any atom is 0.270 e. The van der Waals surface area contributed by atoms with Crippen molar-refractivity contribution in [2.24, 2.45) is 7.05 Å². The van der Waals surface area contributed by atoms with Crippen LogP contribution in [0, 0.1) is 18.3 Å². The van der Waals surface area contributed by atoms with Crippen molar-refractivity contribution in [2.45, 2.75) is 19.9 Å². The zero-order valence-corrected chi connectivity index (χ0v) is 22.2. The predicted molar refractivity (Wildman–Crippen MR) is 147 cm³/mol. The lowest BCUT2D eigenvalue weighted by Gasteiger charge is -2.37. The predicted octanol–water partition coefficient (Wildman–Crippen LogP) is 2.64. The molecule has 1 unspecified atom stereocenters. The van der Waals surface area contributed by atoms with Gasteiger partial charge in [-0.25, -0.2) is 0 Å². The van der Waals surface area contributed by atoms with Gasteiger partial charge in [0.05, 0.1) is 17.6 Å². The standard InChI is InChI=1S/C26H29N5O3S2/c1-17-20(15-22-25(34)31(26(35)36-22)18(2)19-7-5-4-6-8-19)23(28(3)24(33)21(17)16-27)30-11-9-29(10-12-30)13-14-32/h4-8,15,18,32H,9-14H2,1-3H3/b22-15-. The van der Waals surface area contributed by atoms with Gasteiger partial charge < -0.3 is 10.0 Å². The number of benzene rings is 1. The summed E-state index contributed by atoms with van der Waals surface area (Å²) < 4.78 is 1.98. The monoisotopic (exact) mass is 523 g/mol. The Labute approximate surface area is 220 Å². The van der Waals surface area contributed by atoms with Gasteiger partial charge in [0.1, 0.15) is 21.8 Å². The molecule has 2 aliphatic heterocycles. The number of amides is 1. The fraction of sp³-hybridized carbons (Fsp3) is 0.385. The minimum atomic E-state index is -0.356. The van der Waals surface area contributed by atoms with Crippen LogP contribution in [0.5, 0.6) is 0 Å². The Kier molecular flexibility index (Phi) is 7.95. The number of hydrogen-bond acceptors (Lipinski definition) is 8. The zero-order valence-electron chi connectivity index (χ0n) is 20.6. The molecule has 188 valence electrons. The van der Waals surface area contributed by atoms with Gasteiger partial charge >= 0.3 is 0 Å². The Morgan fingerprint density at radius 2 is 1.86 bits per heavy atom. The Hall–Kier alpha value is -2.97. The first-order chi connectivity index (χ1) is 17.3. The van der Waals surface area contributed by atoms with Gasteiger partial charge in [0.2, 0.25) is 0 Å². The summed E-state index contributed by atoms with van der Waals surface area (Å²) in [6, 6.07) is 11.6. The van der Waals surface area contributed by atoms with Gasteiger partial charge in [0.25, 0.3) is 11.5 Å². The van der Waals surface area contributed by atoms with Crippen LogP contribution in [-0.2, 0) is 11.8 Å². The number of aromatic nitrogens is 1. The number of carbonyl (C=O) groups is 1. The lowest BCUT2D eigenvalue weighted by molar-refractivity contribution is -0.123. The number of anilines is 1. The van der Waals surface area contributed by atoms with Crippen molar-refractivity contribution < 1.29 is 9.90 Å². The number of carbonyl (C=O) groups excluding carboxylic acids is 1. The van der Waals surface area contributed by atoms with Crippen LogP contribution in [0.4, 0.5) is 5.82 Å². The van der Waals surface area contributed by atoms with Crippen molar-refractivity contribution in [3.8, 4) is 6.07 Å². The molecule has 10 heteroatoms. The third kappa shape index (κ3) is 4.84. The summed E-state index contributed by atoms with van der Waals surface area (Å²) in [6.45, 7) is 7.21. The lowest BCUT2D eigenvalue weighted by Crippen LogP contribution is -2.49. The zero-order chi connectivity index (χ0) is 26.0. The van der Waals surface area contributed by atoms with Gasteiger partial charge in [-0.3, -0.25) is 24.0 Å². The number of nitriles is 1. The summed E-state index contributed by atoms with van der Waals surface area (Å²) in [7, 11) is 1.66.